The zero-order valence-corrected chi connectivity index (χ0v) is 37.0. The Balaban J connectivity index is 2.06. The molecular formula is C45H62GeO4Sn. The average molecular weight is 858 g/mol. The molecule has 4 rings (SSSR count). The molecule has 4 nitrogen and oxygen atoms in total. The first kappa shape index (κ1) is 41.2. The van der Waals surface area contributed by atoms with E-state index in [9.17, 15) is 9.59 Å². The van der Waals surface area contributed by atoms with Crippen molar-refractivity contribution in [2.24, 2.45) is 17.3 Å². The van der Waals surface area contributed by atoms with Crippen LogP contribution in [0.2, 0.25) is 13.3 Å². The number of carbonyl (C=O) groups excluding carboxylic acids is 2. The van der Waals surface area contributed by atoms with Gasteiger partial charge in [-0.05, 0) is 0 Å². The summed E-state index contributed by atoms with van der Waals surface area (Å²) in [7, 11) is 0. The standard InChI is InChI=1S/C33H35GeO4.3C4H9.Sn/c1-5-26-23-33(31(35)37-6-2,32(36)38-7-3)24-30(26)25(4)34(27-17-11-8-12-18-27,28-19-13-9-14-20-28)29-21-15-10-16-22-29;3*1-3-4-2;/h8-22,26,30H,1,4,6-7,23-24H2,2-3H3;3*1,3-4H2,2H3;/t26-,30+;;;;/m0..../s1. The maximum atomic E-state index is 14.3. The summed E-state index contributed by atoms with van der Waals surface area (Å²) in [6.45, 7) is 21.3. The predicted octanol–water partition coefficient (Wildman–Crippen LogP) is 9.34. The van der Waals surface area contributed by atoms with Crippen LogP contribution in [0.5, 0.6) is 0 Å². The summed E-state index contributed by atoms with van der Waals surface area (Å²) in [4.78, 5) is 28.6. The second-order valence-corrected chi connectivity index (χ2v) is 36.2. The fourth-order valence-electron chi connectivity index (χ4n) is 9.00. The first-order valence-electron chi connectivity index (χ1n) is 19.6. The third-order valence-electron chi connectivity index (χ3n) is 11.7. The zero-order valence-electron chi connectivity index (χ0n) is 32.1. The minimum atomic E-state index is -3.79. The summed E-state index contributed by atoms with van der Waals surface area (Å²) in [5, 5.41) is 0. The summed E-state index contributed by atoms with van der Waals surface area (Å²) in [6.07, 6.45) is 7.83. The van der Waals surface area contributed by atoms with Crippen LogP contribution in [0.15, 0.2) is 112 Å². The summed E-state index contributed by atoms with van der Waals surface area (Å²) < 4.78 is 21.9. The maximum absolute atomic E-state index is 14.3. The molecule has 274 valence electrons. The zero-order chi connectivity index (χ0) is 36.9. The minimum absolute atomic E-state index is 0.0474. The van der Waals surface area contributed by atoms with E-state index in [4.69, 9.17) is 22.6 Å². The van der Waals surface area contributed by atoms with Gasteiger partial charge in [-0.25, -0.2) is 0 Å². The van der Waals surface area contributed by atoms with E-state index in [-0.39, 0.29) is 25.0 Å². The molecule has 0 spiro atoms. The van der Waals surface area contributed by atoms with Crippen LogP contribution in [-0.4, -0.2) is 56.8 Å². The molecule has 0 aliphatic heterocycles. The molecule has 2 atom stereocenters. The molecule has 0 saturated heterocycles. The Kier molecular flexibility index (Phi) is 15.7. The van der Waals surface area contributed by atoms with Gasteiger partial charge < -0.3 is 0 Å². The van der Waals surface area contributed by atoms with E-state index < -0.39 is 49.0 Å². The molecule has 0 amide bonds. The molecule has 1 aliphatic rings. The van der Waals surface area contributed by atoms with Crippen molar-refractivity contribution in [3.63, 3.8) is 0 Å². The van der Waals surface area contributed by atoms with Crippen molar-refractivity contribution in [3.8, 4) is 0 Å². The van der Waals surface area contributed by atoms with Crippen LogP contribution >= 0.6 is 0 Å². The predicted molar refractivity (Wildman–Crippen MR) is 219 cm³/mol. The number of hydrogen-bond donors (Lipinski definition) is 0. The topological polar surface area (TPSA) is 52.6 Å². The molecule has 1 aliphatic carbocycles. The number of rotatable bonds is 20. The van der Waals surface area contributed by atoms with E-state index >= 15 is 0 Å². The fraction of sp³-hybridized carbons (Fsp3) is 0.467. The molecule has 0 radical (unpaired) electrons. The SMILES string of the molecule is C=[C]([C@H]1CC(C(=O)OCC)(C(=O)OCC)C[C@@H]1[C](=C)[Sn]([CH2]CCC)([CH2]CCC)[CH2]CCC)[Ge]([c]1ccccc1)([c]1ccccc1)[c]1ccccc1. The van der Waals surface area contributed by atoms with Gasteiger partial charge in [-0.15, -0.1) is 0 Å². The number of unbranched alkanes of at least 4 members (excludes halogenated alkanes) is 3. The summed E-state index contributed by atoms with van der Waals surface area (Å²) in [5.41, 5.74) is -1.40. The van der Waals surface area contributed by atoms with Crippen molar-refractivity contribution in [2.45, 2.75) is 99.3 Å². The van der Waals surface area contributed by atoms with Gasteiger partial charge in [0.25, 0.3) is 0 Å². The van der Waals surface area contributed by atoms with Crippen LogP contribution in [-0.2, 0) is 19.1 Å². The average Bonchev–Trinajstić information content (AvgIpc) is 3.58. The van der Waals surface area contributed by atoms with E-state index in [0.717, 1.165) is 19.3 Å². The third-order valence-corrected chi connectivity index (χ3v) is 38.2. The van der Waals surface area contributed by atoms with Gasteiger partial charge >= 0.3 is 318 Å². The van der Waals surface area contributed by atoms with Crippen LogP contribution in [0.25, 0.3) is 0 Å². The summed E-state index contributed by atoms with van der Waals surface area (Å²) in [5.74, 6) is -1.09. The van der Waals surface area contributed by atoms with Crippen molar-refractivity contribution in [1.82, 2.24) is 0 Å². The number of benzene rings is 3. The van der Waals surface area contributed by atoms with Gasteiger partial charge in [-0.1, -0.05) is 0 Å². The van der Waals surface area contributed by atoms with E-state index in [1.165, 1.54) is 53.8 Å². The Labute approximate surface area is 315 Å². The molecule has 1 saturated carbocycles. The van der Waals surface area contributed by atoms with Crippen molar-refractivity contribution >= 4 is 56.8 Å². The van der Waals surface area contributed by atoms with Crippen LogP contribution in [0.4, 0.5) is 0 Å². The normalized spacial score (nSPS) is 17.1. The number of ether oxygens (including phenoxy) is 2. The van der Waals surface area contributed by atoms with E-state index in [1.807, 2.05) is 13.8 Å². The van der Waals surface area contributed by atoms with Crippen molar-refractivity contribution in [3.05, 3.63) is 112 Å². The van der Waals surface area contributed by atoms with Gasteiger partial charge in [0, 0.05) is 0 Å². The van der Waals surface area contributed by atoms with Gasteiger partial charge in [-0.2, -0.15) is 0 Å². The number of esters is 2. The summed E-state index contributed by atoms with van der Waals surface area (Å²) >= 11 is -6.92. The number of hydrogen-bond acceptors (Lipinski definition) is 4. The molecule has 51 heavy (non-hydrogen) atoms. The third kappa shape index (κ3) is 8.64. The fourth-order valence-corrected chi connectivity index (χ4v) is 36.4. The molecule has 0 heterocycles. The Hall–Kier alpha value is -2.58. The van der Waals surface area contributed by atoms with Gasteiger partial charge in [0.2, 0.25) is 0 Å². The summed E-state index contributed by atoms with van der Waals surface area (Å²) in [6, 6.07) is 32.8. The van der Waals surface area contributed by atoms with Crippen molar-refractivity contribution in [2.75, 3.05) is 13.2 Å². The van der Waals surface area contributed by atoms with E-state index in [1.54, 1.807) is 0 Å². The Bertz CT molecular complexity index is 1440. The van der Waals surface area contributed by atoms with E-state index in [2.05, 4.69) is 112 Å². The molecule has 3 aromatic carbocycles. The van der Waals surface area contributed by atoms with Gasteiger partial charge in [0.15, 0.2) is 0 Å². The molecule has 0 aromatic heterocycles. The quantitative estimate of drug-likeness (QED) is 0.0647. The Morgan fingerprint density at radius 2 is 0.980 bits per heavy atom. The number of carbonyl (C=O) groups is 2. The molecule has 1 fully saturated rings. The first-order chi connectivity index (χ1) is 24.7. The second kappa shape index (κ2) is 19.5. The van der Waals surface area contributed by atoms with E-state index in [0.29, 0.717) is 12.8 Å². The van der Waals surface area contributed by atoms with Crippen molar-refractivity contribution in [1.29, 1.82) is 0 Å². The monoisotopic (exact) mass is 860 g/mol. The molecule has 0 bridgehead atoms. The van der Waals surface area contributed by atoms with Gasteiger partial charge in [-0.3, -0.25) is 0 Å². The Morgan fingerprint density at radius 1 is 0.627 bits per heavy atom. The van der Waals surface area contributed by atoms with Crippen LogP contribution in [0.1, 0.15) is 86.0 Å². The second-order valence-electron chi connectivity index (χ2n) is 14.6. The first-order valence-corrected chi connectivity index (χ1v) is 31.3. The van der Waals surface area contributed by atoms with Crippen LogP contribution < -0.4 is 13.2 Å². The molecule has 0 N–H and O–H groups in total. The Morgan fingerprint density at radius 3 is 1.31 bits per heavy atom. The van der Waals surface area contributed by atoms with Crippen LogP contribution in [0, 0.1) is 17.3 Å². The molecular weight excluding hydrogens is 796 g/mol. The van der Waals surface area contributed by atoms with Gasteiger partial charge in [0.05, 0.1) is 0 Å². The molecule has 6 heteroatoms. The number of allylic oxidation sites excluding steroid dienone is 2. The molecule has 0 unspecified atom stereocenters. The van der Waals surface area contributed by atoms with Crippen molar-refractivity contribution < 1.29 is 19.1 Å². The van der Waals surface area contributed by atoms with Gasteiger partial charge in [0.1, 0.15) is 0 Å². The molecule has 3 aromatic rings. The van der Waals surface area contributed by atoms with Crippen LogP contribution in [0.3, 0.4) is 0 Å².